The summed E-state index contributed by atoms with van der Waals surface area (Å²) in [4.78, 5) is 0. The van der Waals surface area contributed by atoms with E-state index in [1.54, 1.807) is 19.2 Å². The van der Waals surface area contributed by atoms with Crippen molar-refractivity contribution in [3.8, 4) is 11.5 Å². The number of benzene rings is 1. The quantitative estimate of drug-likeness (QED) is 0.674. The minimum atomic E-state index is -2.87. The van der Waals surface area contributed by atoms with E-state index in [9.17, 15) is 8.78 Å². The van der Waals surface area contributed by atoms with Crippen LogP contribution in [0.1, 0.15) is 25.8 Å². The smallest absolute Gasteiger partial charge is 0.387 e. The van der Waals surface area contributed by atoms with Crippen LogP contribution in [0.15, 0.2) is 18.2 Å². The Morgan fingerprint density at radius 1 is 1.14 bits per heavy atom. The zero-order valence-corrected chi connectivity index (χ0v) is 12.7. The van der Waals surface area contributed by atoms with E-state index in [0.717, 1.165) is 5.56 Å². The number of hydrogen-bond donors (Lipinski definition) is 1. The van der Waals surface area contributed by atoms with Gasteiger partial charge in [-0.15, -0.1) is 0 Å². The van der Waals surface area contributed by atoms with E-state index in [2.05, 4.69) is 10.1 Å². The molecule has 21 heavy (non-hydrogen) atoms. The van der Waals surface area contributed by atoms with Gasteiger partial charge >= 0.3 is 6.61 Å². The van der Waals surface area contributed by atoms with Gasteiger partial charge in [-0.3, -0.25) is 0 Å². The highest BCUT2D eigenvalue weighted by Gasteiger charge is 2.12. The Hall–Kier alpha value is -1.40. The van der Waals surface area contributed by atoms with Crippen molar-refractivity contribution in [2.45, 2.75) is 39.5 Å². The van der Waals surface area contributed by atoms with Crippen molar-refractivity contribution in [1.82, 2.24) is 5.32 Å². The summed E-state index contributed by atoms with van der Waals surface area (Å²) >= 11 is 0. The maximum absolute atomic E-state index is 12.4. The molecule has 0 heterocycles. The number of hydrogen-bond acceptors (Lipinski definition) is 4. The average Bonchev–Trinajstić information content (AvgIpc) is 2.42. The van der Waals surface area contributed by atoms with Gasteiger partial charge in [-0.2, -0.15) is 8.78 Å². The molecule has 1 N–H and O–H groups in total. The van der Waals surface area contributed by atoms with E-state index in [0.29, 0.717) is 38.0 Å². The largest absolute Gasteiger partial charge is 0.490 e. The molecule has 0 spiro atoms. The van der Waals surface area contributed by atoms with Gasteiger partial charge in [-0.25, -0.2) is 0 Å². The Kier molecular flexibility index (Phi) is 8.00. The summed E-state index contributed by atoms with van der Waals surface area (Å²) in [5, 5.41) is 3.26. The molecular weight excluding hydrogens is 280 g/mol. The van der Waals surface area contributed by atoms with Crippen molar-refractivity contribution >= 4 is 0 Å². The lowest BCUT2D eigenvalue weighted by Gasteiger charge is -2.14. The molecule has 0 saturated heterocycles. The second-order valence-corrected chi connectivity index (χ2v) is 4.89. The minimum Gasteiger partial charge on any atom is -0.490 e. The van der Waals surface area contributed by atoms with Gasteiger partial charge in [0.1, 0.15) is 0 Å². The van der Waals surface area contributed by atoms with Crippen LogP contribution in [-0.4, -0.2) is 33.0 Å². The first-order valence-corrected chi connectivity index (χ1v) is 6.95. The summed E-state index contributed by atoms with van der Waals surface area (Å²) < 4.78 is 39.7. The van der Waals surface area contributed by atoms with Gasteiger partial charge in [-0.1, -0.05) is 19.9 Å². The predicted molar refractivity (Wildman–Crippen MR) is 77.0 cm³/mol. The minimum absolute atomic E-state index is 0.0516. The second kappa shape index (κ2) is 9.52. The first-order valence-electron chi connectivity index (χ1n) is 6.95. The molecule has 0 atom stereocenters. The number of nitrogens with one attached hydrogen (secondary N) is 1. The van der Waals surface area contributed by atoms with E-state index in [4.69, 9.17) is 9.47 Å². The highest BCUT2D eigenvalue weighted by molar-refractivity contribution is 5.43. The molecule has 0 aliphatic carbocycles. The predicted octanol–water partition coefficient (Wildman–Crippen LogP) is 3.20. The fraction of sp³-hybridized carbons (Fsp3) is 0.600. The molecule has 0 amide bonds. The van der Waals surface area contributed by atoms with Crippen molar-refractivity contribution in [2.75, 3.05) is 20.3 Å². The monoisotopic (exact) mass is 303 g/mol. The van der Waals surface area contributed by atoms with Crippen LogP contribution in [0.5, 0.6) is 11.5 Å². The molecule has 1 aromatic rings. The van der Waals surface area contributed by atoms with Gasteiger partial charge < -0.3 is 19.5 Å². The molecule has 6 heteroatoms. The SMILES string of the molecule is COCCCOc1cc(CNC(C)C)ccc1OC(F)F. The molecule has 0 aliphatic heterocycles. The molecule has 0 aliphatic rings. The normalized spacial score (nSPS) is 11.2. The van der Waals surface area contributed by atoms with Gasteiger partial charge in [0.2, 0.25) is 0 Å². The van der Waals surface area contributed by atoms with Crippen LogP contribution < -0.4 is 14.8 Å². The van der Waals surface area contributed by atoms with Gasteiger partial charge in [0.05, 0.1) is 6.61 Å². The summed E-state index contributed by atoms with van der Waals surface area (Å²) in [6.07, 6.45) is 0.680. The maximum atomic E-state index is 12.4. The molecule has 0 aromatic heterocycles. The third-order valence-corrected chi connectivity index (χ3v) is 2.69. The summed E-state index contributed by atoms with van der Waals surface area (Å²) in [6.45, 7) is 2.79. The number of alkyl halides is 2. The molecule has 120 valence electrons. The molecule has 1 aromatic carbocycles. The van der Waals surface area contributed by atoms with Crippen LogP contribution in [0.25, 0.3) is 0 Å². The number of methoxy groups -OCH3 is 1. The lowest BCUT2D eigenvalue weighted by molar-refractivity contribution is -0.0515. The van der Waals surface area contributed by atoms with Gasteiger partial charge in [0, 0.05) is 32.7 Å². The maximum Gasteiger partial charge on any atom is 0.387 e. The van der Waals surface area contributed by atoms with Crippen LogP contribution >= 0.6 is 0 Å². The number of halogens is 2. The number of rotatable bonds is 10. The van der Waals surface area contributed by atoms with Gasteiger partial charge in [-0.05, 0) is 17.7 Å². The van der Waals surface area contributed by atoms with E-state index >= 15 is 0 Å². The molecule has 4 nitrogen and oxygen atoms in total. The number of ether oxygens (including phenoxy) is 3. The van der Waals surface area contributed by atoms with E-state index in [1.807, 2.05) is 13.8 Å². The Morgan fingerprint density at radius 3 is 2.52 bits per heavy atom. The van der Waals surface area contributed by atoms with Crippen molar-refractivity contribution in [3.05, 3.63) is 23.8 Å². The van der Waals surface area contributed by atoms with Crippen LogP contribution in [0.3, 0.4) is 0 Å². The van der Waals surface area contributed by atoms with Crippen LogP contribution in [-0.2, 0) is 11.3 Å². The van der Waals surface area contributed by atoms with Crippen LogP contribution in [0.4, 0.5) is 8.78 Å². The summed E-state index contributed by atoms with van der Waals surface area (Å²) in [5.74, 6) is 0.380. The molecule has 0 fully saturated rings. The lowest BCUT2D eigenvalue weighted by Crippen LogP contribution is -2.21. The van der Waals surface area contributed by atoms with Gasteiger partial charge in [0.25, 0.3) is 0 Å². The lowest BCUT2D eigenvalue weighted by atomic mass is 10.2. The van der Waals surface area contributed by atoms with Crippen molar-refractivity contribution in [3.63, 3.8) is 0 Å². The Labute approximate surface area is 124 Å². The highest BCUT2D eigenvalue weighted by atomic mass is 19.3. The third-order valence-electron chi connectivity index (χ3n) is 2.69. The Morgan fingerprint density at radius 2 is 1.90 bits per heavy atom. The molecule has 0 unspecified atom stereocenters. The summed E-state index contributed by atoms with van der Waals surface area (Å²) in [6, 6.07) is 5.32. The fourth-order valence-electron chi connectivity index (χ4n) is 1.68. The Bertz CT molecular complexity index is 414. The zero-order valence-electron chi connectivity index (χ0n) is 12.7. The fourth-order valence-corrected chi connectivity index (χ4v) is 1.68. The van der Waals surface area contributed by atoms with Crippen molar-refractivity contribution < 1.29 is 23.0 Å². The standard InChI is InChI=1S/C15H23F2NO3/c1-11(2)18-10-12-5-6-13(21-15(16)17)14(9-12)20-8-4-7-19-3/h5-6,9,11,15,18H,4,7-8,10H2,1-3H3. The summed E-state index contributed by atoms with van der Waals surface area (Å²) in [5.41, 5.74) is 0.951. The summed E-state index contributed by atoms with van der Waals surface area (Å²) in [7, 11) is 1.60. The van der Waals surface area contributed by atoms with E-state index < -0.39 is 6.61 Å². The molecule has 0 bridgehead atoms. The third kappa shape index (κ3) is 7.24. The average molecular weight is 303 g/mol. The topological polar surface area (TPSA) is 39.7 Å². The van der Waals surface area contributed by atoms with E-state index in [-0.39, 0.29) is 5.75 Å². The second-order valence-electron chi connectivity index (χ2n) is 4.89. The highest BCUT2D eigenvalue weighted by Crippen LogP contribution is 2.30. The van der Waals surface area contributed by atoms with Gasteiger partial charge in [0.15, 0.2) is 11.5 Å². The molecular formula is C15H23F2NO3. The van der Waals surface area contributed by atoms with Crippen LogP contribution in [0, 0.1) is 0 Å². The van der Waals surface area contributed by atoms with Crippen molar-refractivity contribution in [1.29, 1.82) is 0 Å². The first-order chi connectivity index (χ1) is 10.0. The molecule has 1 rings (SSSR count). The van der Waals surface area contributed by atoms with Crippen molar-refractivity contribution in [2.24, 2.45) is 0 Å². The van der Waals surface area contributed by atoms with Crippen LogP contribution in [0.2, 0.25) is 0 Å². The first kappa shape index (κ1) is 17.7. The zero-order chi connectivity index (χ0) is 15.7. The molecule has 0 radical (unpaired) electrons. The Balaban J connectivity index is 2.72. The van der Waals surface area contributed by atoms with E-state index in [1.165, 1.54) is 6.07 Å². The molecule has 0 saturated carbocycles.